The van der Waals surface area contributed by atoms with Crippen LogP contribution in [0.4, 0.5) is 5.69 Å². The SMILES string of the molecule is Cc1ccc(C)c(NC(=O)COC(=O)Cc2coc3cc(O)ccc23)c1. The highest BCUT2D eigenvalue weighted by molar-refractivity contribution is 5.94. The minimum absolute atomic E-state index is 0.0193. The number of carbonyl (C=O) groups excluding carboxylic acids is 2. The van der Waals surface area contributed by atoms with Gasteiger partial charge in [-0.1, -0.05) is 12.1 Å². The van der Waals surface area contributed by atoms with Gasteiger partial charge in [0.15, 0.2) is 6.61 Å². The summed E-state index contributed by atoms with van der Waals surface area (Å²) in [6.07, 6.45) is 1.43. The van der Waals surface area contributed by atoms with Crippen molar-refractivity contribution in [1.29, 1.82) is 0 Å². The third-order valence-electron chi connectivity index (χ3n) is 4.01. The van der Waals surface area contributed by atoms with Crippen molar-refractivity contribution >= 4 is 28.5 Å². The van der Waals surface area contributed by atoms with Crippen LogP contribution in [0.25, 0.3) is 11.0 Å². The summed E-state index contributed by atoms with van der Waals surface area (Å²) in [5.74, 6) is -0.838. The van der Waals surface area contributed by atoms with Crippen LogP contribution in [0.3, 0.4) is 0 Å². The Labute approximate surface area is 150 Å². The van der Waals surface area contributed by atoms with E-state index in [4.69, 9.17) is 9.15 Å². The molecule has 134 valence electrons. The molecule has 1 amide bonds. The molecule has 0 saturated carbocycles. The molecule has 0 unspecified atom stereocenters. The van der Waals surface area contributed by atoms with Gasteiger partial charge in [-0.2, -0.15) is 0 Å². The second-order valence-electron chi connectivity index (χ2n) is 6.15. The van der Waals surface area contributed by atoms with Gasteiger partial charge < -0.3 is 19.6 Å². The lowest BCUT2D eigenvalue weighted by atomic mass is 10.1. The Kier molecular flexibility index (Phi) is 4.93. The number of aromatic hydroxyl groups is 1. The van der Waals surface area contributed by atoms with Crippen LogP contribution in [0.15, 0.2) is 47.1 Å². The highest BCUT2D eigenvalue weighted by Gasteiger charge is 2.14. The second-order valence-corrected chi connectivity index (χ2v) is 6.15. The Hall–Kier alpha value is -3.28. The predicted molar refractivity (Wildman–Crippen MR) is 97.1 cm³/mol. The van der Waals surface area contributed by atoms with Gasteiger partial charge in [-0.3, -0.25) is 9.59 Å². The monoisotopic (exact) mass is 353 g/mol. The van der Waals surface area contributed by atoms with Gasteiger partial charge in [-0.05, 0) is 43.2 Å². The molecule has 2 aromatic carbocycles. The first-order valence-electron chi connectivity index (χ1n) is 8.14. The molecule has 0 aliphatic heterocycles. The van der Waals surface area contributed by atoms with E-state index < -0.39 is 11.9 Å². The zero-order valence-corrected chi connectivity index (χ0v) is 14.5. The molecule has 6 nitrogen and oxygen atoms in total. The molecule has 0 radical (unpaired) electrons. The molecule has 0 saturated heterocycles. The minimum atomic E-state index is -0.531. The van der Waals surface area contributed by atoms with Crippen LogP contribution in [-0.2, 0) is 20.7 Å². The molecule has 2 N–H and O–H groups in total. The molecule has 6 heteroatoms. The van der Waals surface area contributed by atoms with Crippen molar-refractivity contribution in [3.63, 3.8) is 0 Å². The molecule has 0 fully saturated rings. The summed E-state index contributed by atoms with van der Waals surface area (Å²) in [6.45, 7) is 3.47. The topological polar surface area (TPSA) is 88.8 Å². The number of phenols is 1. The van der Waals surface area contributed by atoms with Crippen LogP contribution in [-0.4, -0.2) is 23.6 Å². The molecule has 3 rings (SSSR count). The van der Waals surface area contributed by atoms with Crippen molar-refractivity contribution in [3.05, 3.63) is 59.4 Å². The van der Waals surface area contributed by atoms with Gasteiger partial charge in [0.1, 0.15) is 11.3 Å². The molecular formula is C20H19NO5. The van der Waals surface area contributed by atoms with Gasteiger partial charge in [-0.25, -0.2) is 0 Å². The number of nitrogens with one attached hydrogen (secondary N) is 1. The number of ether oxygens (including phenoxy) is 1. The van der Waals surface area contributed by atoms with E-state index >= 15 is 0 Å². The fraction of sp³-hybridized carbons (Fsp3) is 0.200. The average molecular weight is 353 g/mol. The highest BCUT2D eigenvalue weighted by atomic mass is 16.5. The lowest BCUT2D eigenvalue weighted by Crippen LogP contribution is -2.22. The molecule has 26 heavy (non-hydrogen) atoms. The number of amides is 1. The first kappa shape index (κ1) is 17.5. The third kappa shape index (κ3) is 4.03. The van der Waals surface area contributed by atoms with Crippen LogP contribution < -0.4 is 5.32 Å². The number of carbonyl (C=O) groups is 2. The Morgan fingerprint density at radius 3 is 2.77 bits per heavy atom. The van der Waals surface area contributed by atoms with Crippen molar-refractivity contribution in [2.24, 2.45) is 0 Å². The van der Waals surface area contributed by atoms with E-state index in [1.165, 1.54) is 18.4 Å². The number of benzene rings is 2. The van der Waals surface area contributed by atoms with Gasteiger partial charge >= 0.3 is 5.97 Å². The normalized spacial score (nSPS) is 10.7. The van der Waals surface area contributed by atoms with E-state index in [0.717, 1.165) is 16.5 Å². The molecule has 1 heterocycles. The Balaban J connectivity index is 1.56. The van der Waals surface area contributed by atoms with Crippen LogP contribution in [0, 0.1) is 13.8 Å². The number of furan rings is 1. The van der Waals surface area contributed by atoms with Crippen molar-refractivity contribution in [2.75, 3.05) is 11.9 Å². The molecule has 3 aromatic rings. The molecule has 0 aliphatic carbocycles. The van der Waals surface area contributed by atoms with Crippen LogP contribution in [0.1, 0.15) is 16.7 Å². The molecule has 0 aliphatic rings. The summed E-state index contributed by atoms with van der Waals surface area (Å²) in [5, 5.41) is 12.9. The predicted octanol–water partition coefficient (Wildman–Crippen LogP) is 3.48. The van der Waals surface area contributed by atoms with Gasteiger partial charge in [0.25, 0.3) is 5.91 Å². The van der Waals surface area contributed by atoms with E-state index in [-0.39, 0.29) is 18.8 Å². The molecular weight excluding hydrogens is 334 g/mol. The maximum atomic E-state index is 12.0. The van der Waals surface area contributed by atoms with Gasteiger partial charge in [0.05, 0.1) is 12.7 Å². The average Bonchev–Trinajstić information content (AvgIpc) is 2.98. The summed E-state index contributed by atoms with van der Waals surface area (Å²) in [5.41, 5.74) is 3.79. The quantitative estimate of drug-likeness (QED) is 0.686. The first-order valence-corrected chi connectivity index (χ1v) is 8.14. The molecule has 0 bridgehead atoms. The van der Waals surface area contributed by atoms with Crippen molar-refractivity contribution < 1.29 is 23.8 Å². The standard InChI is InChI=1S/C20H19NO5/c1-12-3-4-13(2)17(7-12)21-19(23)11-26-20(24)8-14-10-25-18-9-15(22)5-6-16(14)18/h3-7,9-10,22H,8,11H2,1-2H3,(H,21,23). The Morgan fingerprint density at radius 2 is 1.96 bits per heavy atom. The Bertz CT molecular complexity index is 973. The fourth-order valence-corrected chi connectivity index (χ4v) is 2.62. The number of hydrogen-bond acceptors (Lipinski definition) is 5. The number of phenolic OH excluding ortho intramolecular Hbond substituents is 1. The first-order chi connectivity index (χ1) is 12.4. The number of aryl methyl sites for hydroxylation is 2. The van der Waals surface area contributed by atoms with E-state index in [9.17, 15) is 14.7 Å². The lowest BCUT2D eigenvalue weighted by molar-refractivity contribution is -0.146. The molecule has 0 atom stereocenters. The Morgan fingerprint density at radius 1 is 1.15 bits per heavy atom. The number of hydrogen-bond donors (Lipinski definition) is 2. The summed E-state index contributed by atoms with van der Waals surface area (Å²) < 4.78 is 10.4. The largest absolute Gasteiger partial charge is 0.508 e. The van der Waals surface area contributed by atoms with Crippen molar-refractivity contribution in [1.82, 2.24) is 0 Å². The maximum absolute atomic E-state index is 12.0. The highest BCUT2D eigenvalue weighted by Crippen LogP contribution is 2.25. The third-order valence-corrected chi connectivity index (χ3v) is 4.01. The van der Waals surface area contributed by atoms with Crippen LogP contribution in [0.2, 0.25) is 0 Å². The van der Waals surface area contributed by atoms with E-state index in [1.807, 2.05) is 32.0 Å². The molecule has 1 aromatic heterocycles. The number of fused-ring (bicyclic) bond motifs is 1. The van der Waals surface area contributed by atoms with Gasteiger partial charge in [-0.15, -0.1) is 0 Å². The zero-order chi connectivity index (χ0) is 18.7. The van der Waals surface area contributed by atoms with E-state index in [0.29, 0.717) is 16.8 Å². The maximum Gasteiger partial charge on any atom is 0.310 e. The summed E-state index contributed by atoms with van der Waals surface area (Å²) in [7, 11) is 0. The van der Waals surface area contributed by atoms with Crippen LogP contribution >= 0.6 is 0 Å². The van der Waals surface area contributed by atoms with Crippen molar-refractivity contribution in [2.45, 2.75) is 20.3 Å². The van der Waals surface area contributed by atoms with Gasteiger partial charge in [0.2, 0.25) is 0 Å². The number of esters is 1. The van der Waals surface area contributed by atoms with Gasteiger partial charge in [0, 0.05) is 22.7 Å². The number of rotatable bonds is 5. The summed E-state index contributed by atoms with van der Waals surface area (Å²) >= 11 is 0. The number of anilines is 1. The summed E-state index contributed by atoms with van der Waals surface area (Å²) in [6, 6.07) is 10.4. The lowest BCUT2D eigenvalue weighted by Gasteiger charge is -2.09. The van der Waals surface area contributed by atoms with E-state index in [2.05, 4.69) is 5.32 Å². The second kappa shape index (κ2) is 7.31. The van der Waals surface area contributed by atoms with Crippen LogP contribution in [0.5, 0.6) is 5.75 Å². The smallest absolute Gasteiger partial charge is 0.310 e. The summed E-state index contributed by atoms with van der Waals surface area (Å²) in [4.78, 5) is 24.0. The minimum Gasteiger partial charge on any atom is -0.508 e. The zero-order valence-electron chi connectivity index (χ0n) is 14.5. The molecule has 0 spiro atoms. The van der Waals surface area contributed by atoms with E-state index in [1.54, 1.807) is 6.07 Å². The van der Waals surface area contributed by atoms with Crippen molar-refractivity contribution in [3.8, 4) is 5.75 Å². The fourth-order valence-electron chi connectivity index (χ4n) is 2.62.